The maximum absolute atomic E-state index is 12.3. The molecule has 1 rings (SSSR count). The van der Waals surface area contributed by atoms with E-state index >= 15 is 0 Å². The van der Waals surface area contributed by atoms with Gasteiger partial charge in [-0.3, -0.25) is 0 Å². The fourth-order valence-electron chi connectivity index (χ4n) is 3.36. The monoisotopic (exact) mass is 400 g/mol. The molecular formula is C21H40O3SSi. The second-order valence-corrected chi connectivity index (χ2v) is 16.0. The Morgan fingerprint density at radius 2 is 1.42 bits per heavy atom. The summed E-state index contributed by atoms with van der Waals surface area (Å²) in [6.07, 6.45) is 16.4. The van der Waals surface area contributed by atoms with Crippen molar-refractivity contribution in [2.45, 2.75) is 102 Å². The molecule has 0 radical (unpaired) electrons. The average Bonchev–Trinajstić information content (AvgIpc) is 3.01. The molecule has 0 aromatic carbocycles. The van der Waals surface area contributed by atoms with Crippen molar-refractivity contribution in [2.75, 3.05) is 6.26 Å². The van der Waals surface area contributed by atoms with Gasteiger partial charge in [-0.1, -0.05) is 90.8 Å². The minimum Gasteiger partial charge on any atom is -0.474 e. The van der Waals surface area contributed by atoms with Crippen molar-refractivity contribution < 1.29 is 12.8 Å². The Kier molecular flexibility index (Phi) is 10.2. The van der Waals surface area contributed by atoms with E-state index in [1.54, 1.807) is 6.26 Å². The molecule has 1 heterocycles. The van der Waals surface area contributed by atoms with Gasteiger partial charge < -0.3 is 4.42 Å². The standard InChI is InChI=1S/C21H40O3SSi/c1-6-7-8-9-10-11-12-13-14-15-16-20(25(2,22)23)19-17-21(24-18-19)26(3,4)5/h17-18,20H,6-16H2,1-5H3. The molecule has 1 aromatic heterocycles. The van der Waals surface area contributed by atoms with Gasteiger partial charge in [0.25, 0.3) is 0 Å². The van der Waals surface area contributed by atoms with Crippen molar-refractivity contribution in [1.82, 2.24) is 0 Å². The van der Waals surface area contributed by atoms with Crippen LogP contribution in [0.4, 0.5) is 0 Å². The molecule has 0 bridgehead atoms. The largest absolute Gasteiger partial charge is 0.474 e. The van der Waals surface area contributed by atoms with E-state index in [1.807, 2.05) is 6.07 Å². The zero-order valence-corrected chi connectivity index (χ0v) is 19.5. The van der Waals surface area contributed by atoms with Crippen molar-refractivity contribution >= 4 is 23.3 Å². The van der Waals surface area contributed by atoms with Crippen LogP contribution >= 0.6 is 0 Å². The summed E-state index contributed by atoms with van der Waals surface area (Å²) in [5.74, 6) is 0. The minimum absolute atomic E-state index is 0.412. The lowest BCUT2D eigenvalue weighted by Crippen LogP contribution is -2.36. The molecule has 26 heavy (non-hydrogen) atoms. The van der Waals surface area contributed by atoms with Crippen LogP contribution in [-0.4, -0.2) is 22.7 Å². The Balaban J connectivity index is 2.38. The summed E-state index contributed by atoms with van der Waals surface area (Å²) >= 11 is 0. The number of hydrogen-bond donors (Lipinski definition) is 0. The third-order valence-corrected chi connectivity index (χ3v) is 8.35. The minimum atomic E-state index is -3.10. The van der Waals surface area contributed by atoms with Gasteiger partial charge in [0.15, 0.2) is 9.84 Å². The van der Waals surface area contributed by atoms with Gasteiger partial charge in [0, 0.05) is 11.8 Å². The SMILES string of the molecule is CCCCCCCCCCCCC(c1coc([Si](C)(C)C)c1)S(C)(=O)=O. The van der Waals surface area contributed by atoms with Crippen LogP contribution in [0, 0.1) is 0 Å². The molecule has 5 heteroatoms. The Labute approximate surface area is 162 Å². The molecule has 1 atom stereocenters. The molecule has 0 aliphatic rings. The van der Waals surface area contributed by atoms with Crippen LogP contribution < -0.4 is 5.38 Å². The fourth-order valence-corrected chi connectivity index (χ4v) is 5.58. The van der Waals surface area contributed by atoms with Crippen molar-refractivity contribution in [3.05, 3.63) is 17.9 Å². The summed E-state index contributed by atoms with van der Waals surface area (Å²) in [7, 11) is -4.65. The van der Waals surface area contributed by atoms with Gasteiger partial charge in [0.2, 0.25) is 0 Å². The Morgan fingerprint density at radius 1 is 0.923 bits per heavy atom. The first kappa shape index (κ1) is 23.5. The predicted octanol–water partition coefficient (Wildman–Crippen LogP) is 6.22. The van der Waals surface area contributed by atoms with Gasteiger partial charge in [-0.15, -0.1) is 0 Å². The molecule has 1 unspecified atom stereocenters. The Hall–Kier alpha value is -0.553. The second-order valence-electron chi connectivity index (χ2n) is 8.78. The molecule has 0 fully saturated rings. The van der Waals surface area contributed by atoms with Crippen LogP contribution in [0.5, 0.6) is 0 Å². The molecule has 0 saturated heterocycles. The molecule has 0 spiro atoms. The third-order valence-electron chi connectivity index (χ3n) is 5.07. The van der Waals surface area contributed by atoms with Gasteiger partial charge in [-0.2, -0.15) is 0 Å². The van der Waals surface area contributed by atoms with Gasteiger partial charge in [0.05, 0.1) is 16.9 Å². The van der Waals surface area contributed by atoms with E-state index in [1.165, 1.54) is 57.6 Å². The zero-order chi connectivity index (χ0) is 19.6. The first-order valence-corrected chi connectivity index (χ1v) is 15.9. The smallest absolute Gasteiger partial charge is 0.154 e. The summed E-state index contributed by atoms with van der Waals surface area (Å²) in [5.41, 5.74) is 0.848. The maximum Gasteiger partial charge on any atom is 0.154 e. The highest BCUT2D eigenvalue weighted by Crippen LogP contribution is 2.28. The number of sulfone groups is 1. The van der Waals surface area contributed by atoms with E-state index < -0.39 is 23.2 Å². The Bertz CT molecular complexity index is 599. The third kappa shape index (κ3) is 8.89. The van der Waals surface area contributed by atoms with Crippen molar-refractivity contribution in [3.8, 4) is 0 Å². The van der Waals surface area contributed by atoms with Crippen molar-refractivity contribution in [2.24, 2.45) is 0 Å². The molecular weight excluding hydrogens is 360 g/mol. The van der Waals surface area contributed by atoms with Crippen molar-refractivity contribution in [1.29, 1.82) is 0 Å². The summed E-state index contributed by atoms with van der Waals surface area (Å²) in [5, 5.41) is 0.578. The van der Waals surface area contributed by atoms with E-state index in [0.717, 1.165) is 23.8 Å². The van der Waals surface area contributed by atoms with Gasteiger partial charge in [0.1, 0.15) is 8.07 Å². The molecule has 0 aliphatic carbocycles. The fraction of sp³-hybridized carbons (Fsp3) is 0.810. The molecule has 0 N–H and O–H groups in total. The van der Waals surface area contributed by atoms with Crippen LogP contribution in [0.1, 0.15) is 88.4 Å². The lowest BCUT2D eigenvalue weighted by Gasteiger charge is -2.14. The van der Waals surface area contributed by atoms with E-state index in [2.05, 4.69) is 26.6 Å². The molecule has 1 aromatic rings. The topological polar surface area (TPSA) is 47.3 Å². The van der Waals surface area contributed by atoms with Crippen LogP contribution in [0.3, 0.4) is 0 Å². The quantitative estimate of drug-likeness (QED) is 0.275. The van der Waals surface area contributed by atoms with E-state index in [9.17, 15) is 8.42 Å². The first-order valence-electron chi connectivity index (χ1n) is 10.4. The van der Waals surface area contributed by atoms with Crippen LogP contribution in [-0.2, 0) is 9.84 Å². The summed E-state index contributed by atoms with van der Waals surface area (Å²) < 4.78 is 30.2. The number of hydrogen-bond acceptors (Lipinski definition) is 3. The van der Waals surface area contributed by atoms with E-state index in [4.69, 9.17) is 4.42 Å². The summed E-state index contributed by atoms with van der Waals surface area (Å²) in [4.78, 5) is 0. The zero-order valence-electron chi connectivity index (χ0n) is 17.6. The van der Waals surface area contributed by atoms with Crippen LogP contribution in [0.15, 0.2) is 16.7 Å². The highest BCUT2D eigenvalue weighted by molar-refractivity contribution is 7.90. The molecule has 0 saturated carbocycles. The highest BCUT2D eigenvalue weighted by Gasteiger charge is 2.27. The lowest BCUT2D eigenvalue weighted by molar-refractivity contribution is 0.535. The molecule has 0 aliphatic heterocycles. The number of rotatable bonds is 14. The van der Waals surface area contributed by atoms with Crippen LogP contribution in [0.2, 0.25) is 19.6 Å². The van der Waals surface area contributed by atoms with Gasteiger partial charge in [-0.05, 0) is 12.5 Å². The molecule has 152 valence electrons. The molecule has 0 amide bonds. The number of unbranched alkanes of at least 4 members (excludes halogenated alkanes) is 9. The van der Waals surface area contributed by atoms with E-state index in [-0.39, 0.29) is 0 Å². The molecule has 3 nitrogen and oxygen atoms in total. The highest BCUT2D eigenvalue weighted by atomic mass is 32.2. The normalized spacial score (nSPS) is 13.9. The average molecular weight is 401 g/mol. The van der Waals surface area contributed by atoms with Crippen LogP contribution in [0.25, 0.3) is 0 Å². The second kappa shape index (κ2) is 11.3. The number of furan rings is 1. The maximum atomic E-state index is 12.3. The summed E-state index contributed by atoms with van der Waals surface area (Å²) in [6, 6.07) is 1.99. The first-order chi connectivity index (χ1) is 12.2. The Morgan fingerprint density at radius 3 is 1.85 bits per heavy atom. The van der Waals surface area contributed by atoms with Gasteiger partial charge in [-0.25, -0.2) is 8.42 Å². The van der Waals surface area contributed by atoms with Crippen molar-refractivity contribution in [3.63, 3.8) is 0 Å². The van der Waals surface area contributed by atoms with Gasteiger partial charge >= 0.3 is 0 Å². The lowest BCUT2D eigenvalue weighted by atomic mass is 10.0. The van der Waals surface area contributed by atoms with E-state index in [0.29, 0.717) is 6.42 Å². The predicted molar refractivity (Wildman–Crippen MR) is 116 cm³/mol. The summed E-state index contributed by atoms with van der Waals surface area (Å²) in [6.45, 7) is 8.90.